The van der Waals surface area contributed by atoms with Gasteiger partial charge in [0, 0.05) is 6.07 Å². The van der Waals surface area contributed by atoms with Crippen molar-refractivity contribution in [2.75, 3.05) is 7.11 Å². The summed E-state index contributed by atoms with van der Waals surface area (Å²) < 4.78 is 4.97. The van der Waals surface area contributed by atoms with E-state index in [1.807, 2.05) is 6.07 Å². The Morgan fingerprint density at radius 3 is 2.64 bits per heavy atom. The maximum absolute atomic E-state index is 9.57. The van der Waals surface area contributed by atoms with Gasteiger partial charge in [-0.1, -0.05) is 6.07 Å². The molecule has 0 spiro atoms. The van der Waals surface area contributed by atoms with Crippen molar-refractivity contribution in [1.29, 1.82) is 0 Å². The second kappa shape index (κ2) is 4.86. The second-order valence-corrected chi connectivity index (χ2v) is 3.38. The van der Waals surface area contributed by atoms with Crippen molar-refractivity contribution in [3.05, 3.63) is 23.8 Å². The lowest BCUT2D eigenvalue weighted by Gasteiger charge is -2.07. The summed E-state index contributed by atoms with van der Waals surface area (Å²) in [5, 5.41) is 18.7. The molecule has 1 aromatic rings. The van der Waals surface area contributed by atoms with Crippen molar-refractivity contribution in [3.63, 3.8) is 0 Å². The maximum atomic E-state index is 9.57. The van der Waals surface area contributed by atoms with Crippen molar-refractivity contribution in [3.8, 4) is 11.5 Å². The lowest BCUT2D eigenvalue weighted by atomic mass is 10.1. The largest absolute Gasteiger partial charge is 0.508 e. The van der Waals surface area contributed by atoms with Gasteiger partial charge in [0.05, 0.1) is 13.2 Å². The molecular formula is C11H16O3. The first kappa shape index (κ1) is 10.9. The number of aliphatic hydroxyl groups excluding tert-OH is 1. The predicted octanol–water partition coefficient (Wildman–Crippen LogP) is 1.71. The number of aromatic hydroxyl groups is 1. The minimum atomic E-state index is -0.337. The monoisotopic (exact) mass is 196 g/mol. The fraction of sp³-hybridized carbons (Fsp3) is 0.455. The zero-order chi connectivity index (χ0) is 10.6. The summed E-state index contributed by atoms with van der Waals surface area (Å²) in [7, 11) is 1.56. The van der Waals surface area contributed by atoms with Gasteiger partial charge in [0.2, 0.25) is 0 Å². The van der Waals surface area contributed by atoms with E-state index in [1.54, 1.807) is 26.2 Å². The quantitative estimate of drug-likeness (QED) is 0.770. The Kier molecular flexibility index (Phi) is 3.77. The molecule has 1 aromatic carbocycles. The van der Waals surface area contributed by atoms with Crippen LogP contribution >= 0.6 is 0 Å². The molecule has 2 N–H and O–H groups in total. The summed E-state index contributed by atoms with van der Waals surface area (Å²) in [4.78, 5) is 0. The molecule has 0 heterocycles. The minimum absolute atomic E-state index is 0.227. The van der Waals surface area contributed by atoms with Crippen LogP contribution in [0.25, 0.3) is 0 Å². The molecule has 0 radical (unpaired) electrons. The third-order valence-electron chi connectivity index (χ3n) is 2.12. The molecule has 1 atom stereocenters. The van der Waals surface area contributed by atoms with Gasteiger partial charge in [0.25, 0.3) is 0 Å². The van der Waals surface area contributed by atoms with Gasteiger partial charge in [-0.15, -0.1) is 0 Å². The highest BCUT2D eigenvalue weighted by molar-refractivity contribution is 5.39. The molecule has 0 saturated heterocycles. The van der Waals surface area contributed by atoms with E-state index in [2.05, 4.69) is 0 Å². The average Bonchev–Trinajstić information content (AvgIpc) is 2.15. The van der Waals surface area contributed by atoms with Crippen LogP contribution in [-0.2, 0) is 6.42 Å². The Labute approximate surface area is 84.0 Å². The van der Waals surface area contributed by atoms with Gasteiger partial charge in [0.15, 0.2) is 0 Å². The van der Waals surface area contributed by atoms with Crippen molar-refractivity contribution < 1.29 is 14.9 Å². The molecule has 78 valence electrons. The fourth-order valence-corrected chi connectivity index (χ4v) is 1.25. The van der Waals surface area contributed by atoms with E-state index in [1.165, 1.54) is 0 Å². The molecule has 0 bridgehead atoms. The zero-order valence-corrected chi connectivity index (χ0v) is 8.53. The number of aryl methyl sites for hydroxylation is 1. The van der Waals surface area contributed by atoms with E-state index in [-0.39, 0.29) is 11.9 Å². The molecule has 0 amide bonds. The van der Waals surface area contributed by atoms with Crippen molar-refractivity contribution in [1.82, 2.24) is 0 Å². The molecule has 0 aliphatic heterocycles. The number of benzene rings is 1. The molecule has 0 aliphatic rings. The van der Waals surface area contributed by atoms with Crippen LogP contribution in [0.5, 0.6) is 11.5 Å². The van der Waals surface area contributed by atoms with Gasteiger partial charge in [-0.05, 0) is 31.4 Å². The third kappa shape index (κ3) is 2.92. The van der Waals surface area contributed by atoms with Crippen LogP contribution in [0, 0.1) is 0 Å². The van der Waals surface area contributed by atoms with E-state index >= 15 is 0 Å². The third-order valence-corrected chi connectivity index (χ3v) is 2.12. The summed E-state index contributed by atoms with van der Waals surface area (Å²) in [6.07, 6.45) is 0.990. The van der Waals surface area contributed by atoms with Crippen molar-refractivity contribution >= 4 is 0 Å². The Hall–Kier alpha value is -1.22. The molecule has 0 saturated carbocycles. The van der Waals surface area contributed by atoms with Crippen LogP contribution in [0.1, 0.15) is 18.9 Å². The molecule has 0 aliphatic carbocycles. The first-order valence-electron chi connectivity index (χ1n) is 4.67. The first-order valence-corrected chi connectivity index (χ1v) is 4.67. The summed E-state index contributed by atoms with van der Waals surface area (Å²) in [5.41, 5.74) is 0.840. The number of ether oxygens (including phenoxy) is 1. The molecular weight excluding hydrogens is 180 g/mol. The normalized spacial score (nSPS) is 12.5. The van der Waals surface area contributed by atoms with Crippen LogP contribution < -0.4 is 4.74 Å². The van der Waals surface area contributed by atoms with E-state index in [0.717, 1.165) is 5.56 Å². The lowest BCUT2D eigenvalue weighted by molar-refractivity contribution is 0.184. The van der Waals surface area contributed by atoms with Gasteiger partial charge in [-0.3, -0.25) is 0 Å². The highest BCUT2D eigenvalue weighted by Gasteiger charge is 2.04. The zero-order valence-electron chi connectivity index (χ0n) is 8.53. The first-order chi connectivity index (χ1) is 6.63. The Morgan fingerprint density at radius 2 is 2.14 bits per heavy atom. The number of rotatable bonds is 4. The Morgan fingerprint density at radius 1 is 1.43 bits per heavy atom. The number of aliphatic hydroxyl groups is 1. The Balaban J connectivity index is 2.69. The molecule has 1 rings (SSSR count). The lowest BCUT2D eigenvalue weighted by Crippen LogP contribution is -2.01. The molecule has 3 nitrogen and oxygen atoms in total. The predicted molar refractivity (Wildman–Crippen MR) is 54.7 cm³/mol. The highest BCUT2D eigenvalue weighted by Crippen LogP contribution is 2.24. The molecule has 0 fully saturated rings. The highest BCUT2D eigenvalue weighted by atomic mass is 16.5. The minimum Gasteiger partial charge on any atom is -0.508 e. The van der Waals surface area contributed by atoms with E-state index < -0.39 is 0 Å². The summed E-state index contributed by atoms with van der Waals surface area (Å²) >= 11 is 0. The van der Waals surface area contributed by atoms with Gasteiger partial charge in [-0.2, -0.15) is 0 Å². The fourth-order valence-electron chi connectivity index (χ4n) is 1.25. The van der Waals surface area contributed by atoms with E-state index in [0.29, 0.717) is 18.6 Å². The summed E-state index contributed by atoms with van der Waals surface area (Å²) in [6.45, 7) is 1.74. The Bertz CT molecular complexity index is 295. The van der Waals surface area contributed by atoms with E-state index in [4.69, 9.17) is 9.84 Å². The second-order valence-electron chi connectivity index (χ2n) is 3.38. The number of methoxy groups -OCH3 is 1. The van der Waals surface area contributed by atoms with Gasteiger partial charge >= 0.3 is 0 Å². The molecule has 0 unspecified atom stereocenters. The molecule has 14 heavy (non-hydrogen) atoms. The van der Waals surface area contributed by atoms with Crippen molar-refractivity contribution in [2.45, 2.75) is 25.9 Å². The van der Waals surface area contributed by atoms with Gasteiger partial charge in [-0.25, -0.2) is 0 Å². The molecule has 0 aromatic heterocycles. The number of phenols is 1. The van der Waals surface area contributed by atoms with Crippen LogP contribution in [0.3, 0.4) is 0 Å². The van der Waals surface area contributed by atoms with Gasteiger partial charge < -0.3 is 14.9 Å². The maximum Gasteiger partial charge on any atom is 0.122 e. The standard InChI is InChI=1S/C11H16O3/c1-8(12)3-4-9-5-6-10(14-2)7-11(9)13/h5-8,12-13H,3-4H2,1-2H3/t8-/m1/s1. The number of phenolic OH excluding ortho intramolecular Hbond substituents is 1. The topological polar surface area (TPSA) is 49.7 Å². The van der Waals surface area contributed by atoms with E-state index in [9.17, 15) is 5.11 Å². The number of hydrogen-bond acceptors (Lipinski definition) is 3. The van der Waals surface area contributed by atoms with Crippen LogP contribution in [-0.4, -0.2) is 23.4 Å². The van der Waals surface area contributed by atoms with Crippen LogP contribution in [0.15, 0.2) is 18.2 Å². The number of hydrogen-bond donors (Lipinski definition) is 2. The van der Waals surface area contributed by atoms with Crippen molar-refractivity contribution in [2.24, 2.45) is 0 Å². The summed E-state index contributed by atoms with van der Waals surface area (Å²) in [6, 6.07) is 5.20. The van der Waals surface area contributed by atoms with Gasteiger partial charge in [0.1, 0.15) is 11.5 Å². The van der Waals surface area contributed by atoms with Crippen LogP contribution in [0.2, 0.25) is 0 Å². The molecule has 3 heteroatoms. The SMILES string of the molecule is COc1ccc(CC[C@@H](C)O)c(O)c1. The van der Waals surface area contributed by atoms with Crippen LogP contribution in [0.4, 0.5) is 0 Å². The smallest absolute Gasteiger partial charge is 0.122 e. The summed E-state index contributed by atoms with van der Waals surface area (Å²) in [5.74, 6) is 0.869. The average molecular weight is 196 g/mol.